The summed E-state index contributed by atoms with van der Waals surface area (Å²) in [5.74, 6) is 1.05. The maximum atomic E-state index is 12.0. The lowest BCUT2D eigenvalue weighted by Gasteiger charge is -2.42. The van der Waals surface area contributed by atoms with Crippen LogP contribution in [0.5, 0.6) is 0 Å². The summed E-state index contributed by atoms with van der Waals surface area (Å²) in [6.07, 6.45) is 3.59. The third kappa shape index (κ3) is 3.33. The van der Waals surface area contributed by atoms with Crippen LogP contribution in [-0.4, -0.2) is 64.4 Å². The van der Waals surface area contributed by atoms with Crippen molar-refractivity contribution in [2.75, 3.05) is 26.7 Å². The first-order valence-electron chi connectivity index (χ1n) is 6.79. The predicted molar refractivity (Wildman–Crippen MR) is 73.6 cm³/mol. The normalized spacial score (nSPS) is 21.8. The van der Waals surface area contributed by atoms with Crippen molar-refractivity contribution in [3.8, 4) is 0 Å². The standard InChI is InChI=1S/C13H23N5O/c1-10(2)18-7-6-17(8-11(18)13(19)14-3)9-12-15-4-5-16-12/h4-5,10-11H,6-9H2,1-3H3,(H,14,19)(H,15,16). The molecule has 2 rings (SSSR count). The van der Waals surface area contributed by atoms with E-state index in [9.17, 15) is 4.79 Å². The van der Waals surface area contributed by atoms with Gasteiger partial charge < -0.3 is 10.3 Å². The molecule has 0 aromatic carbocycles. The van der Waals surface area contributed by atoms with E-state index >= 15 is 0 Å². The molecule has 2 N–H and O–H groups in total. The van der Waals surface area contributed by atoms with Crippen molar-refractivity contribution in [1.82, 2.24) is 25.1 Å². The molecular formula is C13H23N5O. The molecule has 0 radical (unpaired) electrons. The number of imidazole rings is 1. The van der Waals surface area contributed by atoms with Crippen molar-refractivity contribution in [3.05, 3.63) is 18.2 Å². The highest BCUT2D eigenvalue weighted by Gasteiger charge is 2.33. The van der Waals surface area contributed by atoms with Crippen LogP contribution in [0, 0.1) is 0 Å². The molecular weight excluding hydrogens is 242 g/mol. The Labute approximate surface area is 114 Å². The van der Waals surface area contributed by atoms with E-state index < -0.39 is 0 Å². The second-order valence-electron chi connectivity index (χ2n) is 5.23. The number of likely N-dealkylation sites (N-methyl/N-ethyl adjacent to an activating group) is 1. The summed E-state index contributed by atoms with van der Waals surface area (Å²) in [6, 6.07) is 0.307. The second kappa shape index (κ2) is 6.16. The fourth-order valence-corrected chi connectivity index (χ4v) is 2.61. The minimum Gasteiger partial charge on any atom is -0.358 e. The Morgan fingerprint density at radius 1 is 1.58 bits per heavy atom. The molecule has 1 aromatic heterocycles. The van der Waals surface area contributed by atoms with Gasteiger partial charge in [-0.05, 0) is 13.8 Å². The van der Waals surface area contributed by atoms with Crippen LogP contribution in [0.1, 0.15) is 19.7 Å². The van der Waals surface area contributed by atoms with Gasteiger partial charge in [-0.2, -0.15) is 0 Å². The van der Waals surface area contributed by atoms with Crippen LogP contribution in [0.2, 0.25) is 0 Å². The van der Waals surface area contributed by atoms with Crippen molar-refractivity contribution in [3.63, 3.8) is 0 Å². The highest BCUT2D eigenvalue weighted by atomic mass is 16.2. The summed E-state index contributed by atoms with van der Waals surface area (Å²) in [5.41, 5.74) is 0. The maximum absolute atomic E-state index is 12.0. The first-order chi connectivity index (χ1) is 9.11. The summed E-state index contributed by atoms with van der Waals surface area (Å²) in [5, 5.41) is 2.77. The number of aromatic nitrogens is 2. The monoisotopic (exact) mass is 265 g/mol. The first kappa shape index (κ1) is 14.0. The molecule has 1 aliphatic heterocycles. The van der Waals surface area contributed by atoms with Gasteiger partial charge in [-0.25, -0.2) is 4.98 Å². The number of hydrogen-bond donors (Lipinski definition) is 2. The molecule has 1 aromatic rings. The molecule has 0 saturated carbocycles. The Kier molecular flexibility index (Phi) is 4.55. The molecule has 19 heavy (non-hydrogen) atoms. The number of carbonyl (C=O) groups is 1. The zero-order valence-electron chi connectivity index (χ0n) is 11.9. The van der Waals surface area contributed by atoms with Crippen LogP contribution in [0.25, 0.3) is 0 Å². The molecule has 1 unspecified atom stereocenters. The van der Waals surface area contributed by atoms with E-state index in [1.165, 1.54) is 0 Å². The zero-order chi connectivity index (χ0) is 13.8. The smallest absolute Gasteiger partial charge is 0.238 e. The summed E-state index contributed by atoms with van der Waals surface area (Å²) in [6.45, 7) is 7.67. The van der Waals surface area contributed by atoms with Crippen LogP contribution >= 0.6 is 0 Å². The predicted octanol–water partition coefficient (Wildman–Crippen LogP) is 0.0503. The zero-order valence-corrected chi connectivity index (χ0v) is 11.9. The quantitative estimate of drug-likeness (QED) is 0.807. The Morgan fingerprint density at radius 2 is 2.37 bits per heavy atom. The highest BCUT2D eigenvalue weighted by Crippen LogP contribution is 2.15. The number of H-pyrrole nitrogens is 1. The average molecular weight is 265 g/mol. The minimum absolute atomic E-state index is 0.0753. The lowest BCUT2D eigenvalue weighted by Crippen LogP contribution is -2.60. The molecule has 1 amide bonds. The molecule has 1 saturated heterocycles. The number of rotatable bonds is 4. The number of amides is 1. The van der Waals surface area contributed by atoms with E-state index in [0.717, 1.165) is 32.0 Å². The topological polar surface area (TPSA) is 64.3 Å². The van der Waals surface area contributed by atoms with E-state index in [1.807, 2.05) is 6.20 Å². The van der Waals surface area contributed by atoms with Crippen LogP contribution in [0.3, 0.4) is 0 Å². The number of piperazine rings is 1. The Bertz CT molecular complexity index is 403. The van der Waals surface area contributed by atoms with E-state index in [4.69, 9.17) is 0 Å². The van der Waals surface area contributed by atoms with Gasteiger partial charge in [0.2, 0.25) is 5.91 Å². The summed E-state index contributed by atoms with van der Waals surface area (Å²) in [7, 11) is 1.70. The fourth-order valence-electron chi connectivity index (χ4n) is 2.61. The number of carbonyl (C=O) groups excluding carboxylic acids is 1. The third-order valence-electron chi connectivity index (χ3n) is 3.65. The molecule has 0 spiro atoms. The van der Waals surface area contributed by atoms with Crippen LogP contribution < -0.4 is 5.32 Å². The van der Waals surface area contributed by atoms with Gasteiger partial charge in [-0.3, -0.25) is 14.6 Å². The Balaban J connectivity index is 2.01. The third-order valence-corrected chi connectivity index (χ3v) is 3.65. The molecule has 6 heteroatoms. The molecule has 1 atom stereocenters. The number of aromatic amines is 1. The van der Waals surface area contributed by atoms with Gasteiger partial charge in [0, 0.05) is 45.1 Å². The lowest BCUT2D eigenvalue weighted by atomic mass is 10.1. The second-order valence-corrected chi connectivity index (χ2v) is 5.23. The summed E-state index contributed by atoms with van der Waals surface area (Å²) >= 11 is 0. The maximum Gasteiger partial charge on any atom is 0.238 e. The molecule has 6 nitrogen and oxygen atoms in total. The number of hydrogen-bond acceptors (Lipinski definition) is 4. The fraction of sp³-hybridized carbons (Fsp3) is 0.692. The van der Waals surface area contributed by atoms with Crippen LogP contribution in [-0.2, 0) is 11.3 Å². The van der Waals surface area contributed by atoms with Gasteiger partial charge in [0.15, 0.2) is 0 Å². The van der Waals surface area contributed by atoms with Gasteiger partial charge in [0.1, 0.15) is 11.9 Å². The largest absolute Gasteiger partial charge is 0.358 e. The number of nitrogens with zero attached hydrogens (tertiary/aromatic N) is 3. The SMILES string of the molecule is CNC(=O)C1CN(Cc2ncc[nH]2)CCN1C(C)C. The van der Waals surface area contributed by atoms with Crippen molar-refractivity contribution in [2.24, 2.45) is 0 Å². The molecule has 0 bridgehead atoms. The molecule has 1 aliphatic rings. The Hall–Kier alpha value is -1.40. The molecule has 1 fully saturated rings. The van der Waals surface area contributed by atoms with Crippen LogP contribution in [0.15, 0.2) is 12.4 Å². The van der Waals surface area contributed by atoms with E-state index in [-0.39, 0.29) is 11.9 Å². The van der Waals surface area contributed by atoms with Crippen LogP contribution in [0.4, 0.5) is 0 Å². The lowest BCUT2D eigenvalue weighted by molar-refractivity contribution is -0.129. The van der Waals surface area contributed by atoms with Gasteiger partial charge in [0.25, 0.3) is 0 Å². The summed E-state index contributed by atoms with van der Waals surface area (Å²) < 4.78 is 0. The minimum atomic E-state index is -0.0753. The molecule has 106 valence electrons. The van der Waals surface area contributed by atoms with Crippen molar-refractivity contribution >= 4 is 5.91 Å². The van der Waals surface area contributed by atoms with Gasteiger partial charge in [-0.1, -0.05) is 0 Å². The summed E-state index contributed by atoms with van der Waals surface area (Å²) in [4.78, 5) is 23.9. The van der Waals surface area contributed by atoms with E-state index in [0.29, 0.717) is 6.04 Å². The average Bonchev–Trinajstić information content (AvgIpc) is 2.90. The highest BCUT2D eigenvalue weighted by molar-refractivity contribution is 5.81. The number of nitrogens with one attached hydrogen (secondary N) is 2. The first-order valence-corrected chi connectivity index (χ1v) is 6.79. The molecule has 2 heterocycles. The van der Waals surface area contributed by atoms with Crippen molar-refractivity contribution in [1.29, 1.82) is 0 Å². The van der Waals surface area contributed by atoms with Crippen molar-refractivity contribution < 1.29 is 4.79 Å². The van der Waals surface area contributed by atoms with E-state index in [1.54, 1.807) is 13.2 Å². The van der Waals surface area contributed by atoms with Gasteiger partial charge in [0.05, 0.1) is 6.54 Å². The van der Waals surface area contributed by atoms with Gasteiger partial charge in [-0.15, -0.1) is 0 Å². The van der Waals surface area contributed by atoms with Crippen molar-refractivity contribution in [2.45, 2.75) is 32.5 Å². The van der Waals surface area contributed by atoms with E-state index in [2.05, 4.69) is 38.9 Å². The van der Waals surface area contributed by atoms with Gasteiger partial charge >= 0.3 is 0 Å². The Morgan fingerprint density at radius 3 is 2.95 bits per heavy atom. The molecule has 0 aliphatic carbocycles.